The molecule has 8 heteroatoms. The lowest BCUT2D eigenvalue weighted by molar-refractivity contribution is -0.141. The summed E-state index contributed by atoms with van der Waals surface area (Å²) in [6, 6.07) is 13.9. The number of hydrogen-bond acceptors (Lipinski definition) is 6. The zero-order valence-corrected chi connectivity index (χ0v) is 24.8. The number of ketones is 4. The number of carbonyl (C=O) groups excluding carboxylic acids is 5. The number of carbonyl (C=O) groups is 5. The SMILES string of the molecule is CC(C)[C@H](CC(=O)[C@H](C)NC(=O)[C@@H](CC(=O)c1cccc2[nH]ncc12)C(C)(C)C)C(=O)C(=O)CCc1ccccc1. The highest BCUT2D eigenvalue weighted by Crippen LogP contribution is 2.31. The van der Waals surface area contributed by atoms with Crippen molar-refractivity contribution in [1.82, 2.24) is 15.5 Å². The van der Waals surface area contributed by atoms with Gasteiger partial charge in [0, 0.05) is 36.1 Å². The van der Waals surface area contributed by atoms with Gasteiger partial charge in [-0.1, -0.05) is 77.1 Å². The molecule has 2 aromatic carbocycles. The monoisotopic (exact) mass is 559 g/mol. The summed E-state index contributed by atoms with van der Waals surface area (Å²) in [4.78, 5) is 65.6. The first kappa shape index (κ1) is 31.6. The summed E-state index contributed by atoms with van der Waals surface area (Å²) in [5, 5.41) is 10.3. The van der Waals surface area contributed by atoms with Gasteiger partial charge in [-0.25, -0.2) is 0 Å². The summed E-state index contributed by atoms with van der Waals surface area (Å²) < 4.78 is 0. The van der Waals surface area contributed by atoms with Gasteiger partial charge < -0.3 is 5.32 Å². The molecule has 1 heterocycles. The van der Waals surface area contributed by atoms with Gasteiger partial charge in [0.25, 0.3) is 0 Å². The average molecular weight is 560 g/mol. The Balaban J connectivity index is 1.64. The van der Waals surface area contributed by atoms with Gasteiger partial charge in [-0.2, -0.15) is 5.10 Å². The molecule has 8 nitrogen and oxygen atoms in total. The third kappa shape index (κ3) is 8.28. The molecule has 0 fully saturated rings. The first-order chi connectivity index (χ1) is 19.3. The zero-order chi connectivity index (χ0) is 30.3. The fourth-order valence-corrected chi connectivity index (χ4v) is 4.95. The second-order valence-corrected chi connectivity index (χ2v) is 12.2. The molecule has 0 unspecified atom stereocenters. The van der Waals surface area contributed by atoms with Crippen LogP contribution in [0.4, 0.5) is 0 Å². The first-order valence-electron chi connectivity index (χ1n) is 14.2. The van der Waals surface area contributed by atoms with Crippen molar-refractivity contribution in [2.24, 2.45) is 23.2 Å². The Morgan fingerprint density at radius 3 is 2.22 bits per heavy atom. The van der Waals surface area contributed by atoms with Crippen molar-refractivity contribution in [2.75, 3.05) is 0 Å². The molecule has 0 bridgehead atoms. The number of nitrogens with one attached hydrogen (secondary N) is 2. The molecule has 2 N–H and O–H groups in total. The summed E-state index contributed by atoms with van der Waals surface area (Å²) >= 11 is 0. The van der Waals surface area contributed by atoms with E-state index in [1.165, 1.54) is 0 Å². The number of nitrogens with zero attached hydrogens (tertiary/aromatic N) is 1. The lowest BCUT2D eigenvalue weighted by Crippen LogP contribution is -2.46. The highest BCUT2D eigenvalue weighted by Gasteiger charge is 2.36. The van der Waals surface area contributed by atoms with Gasteiger partial charge in [0.15, 0.2) is 17.3 Å². The zero-order valence-electron chi connectivity index (χ0n) is 24.8. The molecule has 0 saturated heterocycles. The van der Waals surface area contributed by atoms with Crippen LogP contribution >= 0.6 is 0 Å². The van der Waals surface area contributed by atoms with Crippen LogP contribution in [-0.4, -0.2) is 45.3 Å². The molecule has 3 rings (SSSR count). The quantitative estimate of drug-likeness (QED) is 0.204. The molecule has 3 aromatic rings. The Morgan fingerprint density at radius 1 is 0.902 bits per heavy atom. The molecule has 3 atom stereocenters. The lowest BCUT2D eigenvalue weighted by Gasteiger charge is -2.30. The highest BCUT2D eigenvalue weighted by molar-refractivity contribution is 6.38. The second-order valence-electron chi connectivity index (χ2n) is 12.2. The minimum absolute atomic E-state index is 0.0381. The average Bonchev–Trinajstić information content (AvgIpc) is 3.41. The van der Waals surface area contributed by atoms with Gasteiger partial charge in [0.2, 0.25) is 11.7 Å². The van der Waals surface area contributed by atoms with Crippen LogP contribution in [0.5, 0.6) is 0 Å². The molecule has 0 aliphatic heterocycles. The topological polar surface area (TPSA) is 126 Å². The number of hydrogen-bond donors (Lipinski definition) is 2. The third-order valence-corrected chi connectivity index (χ3v) is 7.70. The Labute approximate surface area is 241 Å². The van der Waals surface area contributed by atoms with Crippen LogP contribution in [0.1, 0.15) is 76.7 Å². The van der Waals surface area contributed by atoms with Gasteiger partial charge >= 0.3 is 0 Å². The van der Waals surface area contributed by atoms with Crippen LogP contribution < -0.4 is 5.32 Å². The van der Waals surface area contributed by atoms with Crippen molar-refractivity contribution in [3.8, 4) is 0 Å². The number of fused-ring (bicyclic) bond motifs is 1. The highest BCUT2D eigenvalue weighted by atomic mass is 16.2. The smallest absolute Gasteiger partial charge is 0.224 e. The summed E-state index contributed by atoms with van der Waals surface area (Å²) in [5.41, 5.74) is 1.63. The molecular weight excluding hydrogens is 518 g/mol. The molecule has 218 valence electrons. The van der Waals surface area contributed by atoms with Crippen LogP contribution in [0, 0.1) is 23.2 Å². The maximum Gasteiger partial charge on any atom is 0.224 e. The standard InChI is InChI=1S/C33H41N3O5/c1-20(2)24(31(40)28(37)16-15-22-11-8-7-9-12-22)17-29(38)21(3)35-32(41)26(33(4,5)6)18-30(39)23-13-10-14-27-25(23)19-34-36-27/h7-14,19-21,24,26H,15-18H2,1-6H3,(H,34,36)(H,35,41)/t21-,24-,26+/m0/s1. The number of amides is 1. The van der Waals surface area contributed by atoms with E-state index in [2.05, 4.69) is 15.5 Å². The van der Waals surface area contributed by atoms with Crippen molar-refractivity contribution < 1.29 is 24.0 Å². The molecular formula is C33H41N3O5. The molecule has 41 heavy (non-hydrogen) atoms. The van der Waals surface area contributed by atoms with Crippen LogP contribution in [0.25, 0.3) is 10.9 Å². The van der Waals surface area contributed by atoms with Gasteiger partial charge in [-0.3, -0.25) is 29.1 Å². The molecule has 1 aromatic heterocycles. The van der Waals surface area contributed by atoms with Crippen LogP contribution in [-0.2, 0) is 25.6 Å². The number of aryl methyl sites for hydroxylation is 1. The second kappa shape index (κ2) is 13.6. The predicted molar refractivity (Wildman–Crippen MR) is 158 cm³/mol. The summed E-state index contributed by atoms with van der Waals surface area (Å²) in [6.45, 7) is 10.8. The number of H-pyrrole nitrogens is 1. The molecule has 0 aliphatic carbocycles. The Kier molecular flexibility index (Phi) is 10.5. The minimum Gasteiger partial charge on any atom is -0.346 e. The van der Waals surface area contributed by atoms with Gasteiger partial charge in [-0.05, 0) is 36.3 Å². The Hall–Kier alpha value is -3.94. The Bertz CT molecular complexity index is 1400. The number of benzene rings is 2. The van der Waals surface area contributed by atoms with Gasteiger partial charge in [-0.15, -0.1) is 0 Å². The van der Waals surface area contributed by atoms with E-state index in [9.17, 15) is 24.0 Å². The van der Waals surface area contributed by atoms with E-state index in [4.69, 9.17) is 0 Å². The van der Waals surface area contributed by atoms with Crippen molar-refractivity contribution in [2.45, 2.75) is 73.3 Å². The fraction of sp³-hybridized carbons (Fsp3) is 0.455. The molecule has 0 saturated carbocycles. The molecule has 1 amide bonds. The van der Waals surface area contributed by atoms with E-state index < -0.39 is 40.8 Å². The first-order valence-corrected chi connectivity index (χ1v) is 14.2. The number of aromatic amines is 1. The van der Waals surface area contributed by atoms with Crippen molar-refractivity contribution in [1.29, 1.82) is 0 Å². The minimum atomic E-state index is -0.881. The largest absolute Gasteiger partial charge is 0.346 e. The van der Waals surface area contributed by atoms with E-state index in [1.54, 1.807) is 25.3 Å². The summed E-state index contributed by atoms with van der Waals surface area (Å²) in [7, 11) is 0. The van der Waals surface area contributed by atoms with E-state index in [-0.39, 0.29) is 36.7 Å². The van der Waals surface area contributed by atoms with E-state index in [0.717, 1.165) is 11.1 Å². The summed E-state index contributed by atoms with van der Waals surface area (Å²) in [6.07, 6.45) is 1.95. The van der Waals surface area contributed by atoms with Crippen molar-refractivity contribution in [3.63, 3.8) is 0 Å². The van der Waals surface area contributed by atoms with Crippen molar-refractivity contribution in [3.05, 3.63) is 65.9 Å². The fourth-order valence-electron chi connectivity index (χ4n) is 4.95. The van der Waals surface area contributed by atoms with E-state index >= 15 is 0 Å². The molecule has 0 spiro atoms. The van der Waals surface area contributed by atoms with Gasteiger partial charge in [0.1, 0.15) is 0 Å². The maximum atomic E-state index is 13.4. The lowest BCUT2D eigenvalue weighted by atomic mass is 9.76. The van der Waals surface area contributed by atoms with E-state index in [0.29, 0.717) is 17.4 Å². The van der Waals surface area contributed by atoms with Gasteiger partial charge in [0.05, 0.1) is 23.7 Å². The maximum absolute atomic E-state index is 13.4. The normalized spacial score (nSPS) is 13.9. The van der Waals surface area contributed by atoms with Crippen LogP contribution in [0.2, 0.25) is 0 Å². The third-order valence-electron chi connectivity index (χ3n) is 7.70. The number of Topliss-reactive ketones (excluding diaryl/α,β-unsaturated/α-hetero) is 4. The predicted octanol–water partition coefficient (Wildman–Crippen LogP) is 5.31. The van der Waals surface area contributed by atoms with Crippen LogP contribution in [0.3, 0.4) is 0 Å². The van der Waals surface area contributed by atoms with Crippen LogP contribution in [0.15, 0.2) is 54.7 Å². The Morgan fingerprint density at radius 2 is 1.59 bits per heavy atom. The van der Waals surface area contributed by atoms with E-state index in [1.807, 2.05) is 71.0 Å². The number of aromatic nitrogens is 2. The molecule has 0 radical (unpaired) electrons. The number of rotatable bonds is 14. The molecule has 0 aliphatic rings. The summed E-state index contributed by atoms with van der Waals surface area (Å²) in [5.74, 6) is -3.65. The van der Waals surface area contributed by atoms with Crippen molar-refractivity contribution >= 4 is 39.9 Å².